The summed E-state index contributed by atoms with van der Waals surface area (Å²) in [5, 5.41) is 3.96. The van der Waals surface area contributed by atoms with Gasteiger partial charge in [-0.1, -0.05) is 19.1 Å². The molecule has 0 aliphatic rings. The van der Waals surface area contributed by atoms with Gasteiger partial charge in [-0.3, -0.25) is 4.79 Å². The van der Waals surface area contributed by atoms with Crippen molar-refractivity contribution in [3.63, 3.8) is 0 Å². The highest BCUT2D eigenvalue weighted by Gasteiger charge is 2.13. The van der Waals surface area contributed by atoms with Gasteiger partial charge in [-0.05, 0) is 64.7 Å². The van der Waals surface area contributed by atoms with Gasteiger partial charge in [0.2, 0.25) is 5.91 Å². The van der Waals surface area contributed by atoms with Crippen molar-refractivity contribution in [2.45, 2.75) is 32.8 Å². The van der Waals surface area contributed by atoms with Crippen molar-refractivity contribution in [3.8, 4) is 11.5 Å². The molecule has 144 valence electrons. The maximum atomic E-state index is 12.9. The van der Waals surface area contributed by atoms with Crippen LogP contribution in [0.4, 0.5) is 4.39 Å². The van der Waals surface area contributed by atoms with E-state index >= 15 is 0 Å². The molecule has 0 saturated heterocycles. The molecular weight excluding hydrogens is 415 g/mol. The first-order valence-corrected chi connectivity index (χ1v) is 9.32. The van der Waals surface area contributed by atoms with Gasteiger partial charge in [-0.2, -0.15) is 5.10 Å². The van der Waals surface area contributed by atoms with E-state index in [0.29, 0.717) is 17.1 Å². The molecule has 0 unspecified atom stereocenters. The molecule has 0 aliphatic heterocycles. The molecule has 0 aromatic heterocycles. The average Bonchev–Trinajstić information content (AvgIpc) is 2.65. The van der Waals surface area contributed by atoms with Crippen molar-refractivity contribution < 1.29 is 18.7 Å². The van der Waals surface area contributed by atoms with E-state index in [9.17, 15) is 9.18 Å². The number of carbonyl (C=O) groups excluding carboxylic acids is 1. The summed E-state index contributed by atoms with van der Waals surface area (Å²) in [5.74, 6) is 0.575. The van der Waals surface area contributed by atoms with E-state index in [1.165, 1.54) is 18.3 Å². The zero-order valence-corrected chi connectivity index (χ0v) is 17.0. The van der Waals surface area contributed by atoms with Crippen LogP contribution in [0.1, 0.15) is 31.4 Å². The van der Waals surface area contributed by atoms with Gasteiger partial charge in [-0.15, -0.1) is 0 Å². The van der Waals surface area contributed by atoms with Crippen LogP contribution in [0.2, 0.25) is 0 Å². The zero-order valence-electron chi connectivity index (χ0n) is 15.5. The number of halogens is 2. The number of ether oxygens (including phenoxy) is 2. The number of hydrazone groups is 1. The first kappa shape index (κ1) is 20.9. The minimum Gasteiger partial charge on any atom is -0.493 e. The van der Waals surface area contributed by atoms with E-state index in [4.69, 9.17) is 9.47 Å². The van der Waals surface area contributed by atoms with Crippen LogP contribution in [0, 0.1) is 5.82 Å². The molecule has 27 heavy (non-hydrogen) atoms. The lowest BCUT2D eigenvalue weighted by Gasteiger charge is -2.17. The van der Waals surface area contributed by atoms with Gasteiger partial charge in [0, 0.05) is 0 Å². The fraction of sp³-hybridized carbons (Fsp3) is 0.300. The number of hydrogen-bond donors (Lipinski definition) is 1. The van der Waals surface area contributed by atoms with Crippen molar-refractivity contribution >= 4 is 28.1 Å². The Morgan fingerprint density at radius 3 is 2.67 bits per heavy atom. The molecule has 0 bridgehead atoms. The zero-order chi connectivity index (χ0) is 19.8. The summed E-state index contributed by atoms with van der Waals surface area (Å²) in [6, 6.07) is 9.37. The first-order valence-electron chi connectivity index (χ1n) is 8.53. The summed E-state index contributed by atoms with van der Waals surface area (Å²) in [5.41, 5.74) is 3.90. The second kappa shape index (κ2) is 10.1. The Bertz CT molecular complexity index is 810. The van der Waals surface area contributed by atoms with Crippen molar-refractivity contribution in [1.82, 2.24) is 5.43 Å². The number of carbonyl (C=O) groups is 1. The average molecular weight is 437 g/mol. The standard InChI is InChI=1S/C20H22BrFN2O3/c1-4-13(2)27-20-17(21)9-15(10-18(20)26-3)12-23-24-19(25)11-14-5-7-16(22)8-6-14/h5-10,12-13H,4,11H2,1-3H3,(H,24,25)/b23-12+/t13-/m1/s1. The van der Waals surface area contributed by atoms with Crippen LogP contribution >= 0.6 is 15.9 Å². The summed E-state index contributed by atoms with van der Waals surface area (Å²) >= 11 is 3.48. The molecule has 2 rings (SSSR count). The van der Waals surface area contributed by atoms with E-state index < -0.39 is 0 Å². The van der Waals surface area contributed by atoms with Crippen LogP contribution in [-0.4, -0.2) is 25.3 Å². The smallest absolute Gasteiger partial charge is 0.244 e. The highest BCUT2D eigenvalue weighted by molar-refractivity contribution is 9.10. The lowest BCUT2D eigenvalue weighted by molar-refractivity contribution is -0.120. The van der Waals surface area contributed by atoms with Crippen LogP contribution in [0.3, 0.4) is 0 Å². The van der Waals surface area contributed by atoms with Crippen molar-refractivity contribution in [1.29, 1.82) is 0 Å². The van der Waals surface area contributed by atoms with E-state index in [2.05, 4.69) is 26.5 Å². The Hall–Kier alpha value is -2.41. The lowest BCUT2D eigenvalue weighted by Crippen LogP contribution is -2.19. The Labute approximate surface area is 166 Å². The van der Waals surface area contributed by atoms with Gasteiger partial charge < -0.3 is 9.47 Å². The molecule has 0 radical (unpaired) electrons. The summed E-state index contributed by atoms with van der Waals surface area (Å²) in [7, 11) is 1.57. The molecule has 0 aliphatic carbocycles. The van der Waals surface area contributed by atoms with Crippen LogP contribution in [0.25, 0.3) is 0 Å². The van der Waals surface area contributed by atoms with E-state index in [1.807, 2.05) is 19.9 Å². The number of nitrogens with one attached hydrogen (secondary N) is 1. The summed E-state index contributed by atoms with van der Waals surface area (Å²) in [6.07, 6.45) is 2.56. The largest absolute Gasteiger partial charge is 0.493 e. The van der Waals surface area contributed by atoms with E-state index in [0.717, 1.165) is 16.5 Å². The minimum atomic E-state index is -0.336. The molecule has 1 N–H and O–H groups in total. The van der Waals surface area contributed by atoms with E-state index in [1.54, 1.807) is 25.3 Å². The number of rotatable bonds is 8. The van der Waals surface area contributed by atoms with Crippen molar-refractivity contribution in [2.24, 2.45) is 5.10 Å². The van der Waals surface area contributed by atoms with Crippen LogP contribution < -0.4 is 14.9 Å². The third-order valence-electron chi connectivity index (χ3n) is 3.83. The SMILES string of the molecule is CC[C@@H](C)Oc1c(Br)cc(/C=N/NC(=O)Cc2ccc(F)cc2)cc1OC. The third-order valence-corrected chi connectivity index (χ3v) is 4.42. The fourth-order valence-corrected chi connectivity index (χ4v) is 2.77. The van der Waals surface area contributed by atoms with Gasteiger partial charge in [0.05, 0.1) is 30.3 Å². The molecule has 0 heterocycles. The second-order valence-corrected chi connectivity index (χ2v) is 6.82. The second-order valence-electron chi connectivity index (χ2n) is 5.97. The van der Waals surface area contributed by atoms with Crippen molar-refractivity contribution in [3.05, 3.63) is 57.8 Å². The van der Waals surface area contributed by atoms with Gasteiger partial charge in [0.1, 0.15) is 5.82 Å². The molecule has 1 atom stereocenters. The fourth-order valence-electron chi connectivity index (χ4n) is 2.22. The topological polar surface area (TPSA) is 59.9 Å². The predicted molar refractivity (Wildman–Crippen MR) is 107 cm³/mol. The molecule has 5 nitrogen and oxygen atoms in total. The third kappa shape index (κ3) is 6.36. The molecule has 0 fully saturated rings. The maximum absolute atomic E-state index is 12.9. The van der Waals surface area contributed by atoms with Crippen molar-refractivity contribution in [2.75, 3.05) is 7.11 Å². The summed E-state index contributed by atoms with van der Waals surface area (Å²) < 4.78 is 24.9. The Morgan fingerprint density at radius 1 is 1.33 bits per heavy atom. The Kier molecular flexibility index (Phi) is 7.79. The Morgan fingerprint density at radius 2 is 2.04 bits per heavy atom. The maximum Gasteiger partial charge on any atom is 0.244 e. The predicted octanol–water partition coefficient (Wildman–Crippen LogP) is 4.47. The lowest BCUT2D eigenvalue weighted by atomic mass is 10.1. The van der Waals surface area contributed by atoms with Crippen LogP contribution in [0.15, 0.2) is 46.0 Å². The molecule has 0 spiro atoms. The molecule has 2 aromatic carbocycles. The number of benzene rings is 2. The number of methoxy groups -OCH3 is 1. The summed E-state index contributed by atoms with van der Waals surface area (Å²) in [4.78, 5) is 11.9. The number of hydrogen-bond acceptors (Lipinski definition) is 4. The summed E-state index contributed by atoms with van der Waals surface area (Å²) in [6.45, 7) is 4.03. The quantitative estimate of drug-likeness (QED) is 0.490. The van der Waals surface area contributed by atoms with Crippen LogP contribution in [0.5, 0.6) is 11.5 Å². The monoisotopic (exact) mass is 436 g/mol. The first-order chi connectivity index (χ1) is 12.9. The van der Waals surface area contributed by atoms with Crippen LogP contribution in [-0.2, 0) is 11.2 Å². The van der Waals surface area contributed by atoms with E-state index in [-0.39, 0.29) is 24.2 Å². The molecule has 0 saturated carbocycles. The molecule has 7 heteroatoms. The molecule has 2 aromatic rings. The Balaban J connectivity index is 2.02. The van der Waals surface area contributed by atoms with Gasteiger partial charge in [-0.25, -0.2) is 9.82 Å². The van der Waals surface area contributed by atoms with Gasteiger partial charge >= 0.3 is 0 Å². The molecular formula is C20H22BrFN2O3. The van der Waals surface area contributed by atoms with Gasteiger partial charge in [0.15, 0.2) is 11.5 Å². The molecule has 1 amide bonds. The highest BCUT2D eigenvalue weighted by atomic mass is 79.9. The highest BCUT2D eigenvalue weighted by Crippen LogP contribution is 2.37. The van der Waals surface area contributed by atoms with Gasteiger partial charge in [0.25, 0.3) is 0 Å². The number of nitrogens with zero attached hydrogens (tertiary/aromatic N) is 1. The number of amides is 1. The normalized spacial score (nSPS) is 12.0. The minimum absolute atomic E-state index is 0.0560.